The van der Waals surface area contributed by atoms with E-state index in [9.17, 15) is 4.79 Å². The fraction of sp³-hybridized carbons (Fsp3) is 0.632. The summed E-state index contributed by atoms with van der Waals surface area (Å²) in [6.45, 7) is 7.76. The van der Waals surface area contributed by atoms with E-state index in [1.54, 1.807) is 10.9 Å². The number of rotatable bonds is 4. The molecule has 0 atom stereocenters. The van der Waals surface area contributed by atoms with E-state index < -0.39 is 0 Å². The van der Waals surface area contributed by atoms with Crippen molar-refractivity contribution in [3.63, 3.8) is 0 Å². The molecule has 0 aromatic carbocycles. The number of piperidine rings is 1. The second-order valence-electron chi connectivity index (χ2n) is 7.46. The Kier molecular flexibility index (Phi) is 4.73. The molecule has 0 bridgehead atoms. The van der Waals surface area contributed by atoms with E-state index in [0.29, 0.717) is 5.92 Å². The zero-order valence-electron chi connectivity index (χ0n) is 15.1. The van der Waals surface area contributed by atoms with E-state index in [2.05, 4.69) is 9.88 Å². The van der Waals surface area contributed by atoms with Crippen LogP contribution in [-0.4, -0.2) is 32.5 Å². The number of nitrogens with zero attached hydrogens (tertiary/aromatic N) is 4. The molecule has 3 heterocycles. The second kappa shape index (κ2) is 7.00. The van der Waals surface area contributed by atoms with Gasteiger partial charge in [-0.25, -0.2) is 9.97 Å². The lowest BCUT2D eigenvalue weighted by molar-refractivity contribution is 0.166. The van der Waals surface area contributed by atoms with Crippen molar-refractivity contribution in [2.24, 2.45) is 5.92 Å². The van der Waals surface area contributed by atoms with Crippen LogP contribution in [0.5, 0.6) is 0 Å². The molecular formula is C19H26N4OS. The highest BCUT2D eigenvalue weighted by Crippen LogP contribution is 2.29. The summed E-state index contributed by atoms with van der Waals surface area (Å²) in [5.41, 5.74) is 3.09. The molecule has 0 radical (unpaired) electrons. The van der Waals surface area contributed by atoms with Crippen molar-refractivity contribution in [3.05, 3.63) is 43.5 Å². The average Bonchev–Trinajstić information content (AvgIpc) is 3.18. The van der Waals surface area contributed by atoms with Crippen LogP contribution in [0.3, 0.4) is 0 Å². The Labute approximate surface area is 152 Å². The zero-order chi connectivity index (χ0) is 17.4. The summed E-state index contributed by atoms with van der Waals surface area (Å²) in [4.78, 5) is 25.6. The Bertz CT molecular complexity index is 796. The fourth-order valence-corrected chi connectivity index (χ4v) is 5.11. The molecule has 1 aliphatic carbocycles. The second-order valence-corrected chi connectivity index (χ2v) is 8.63. The van der Waals surface area contributed by atoms with Gasteiger partial charge in [0.15, 0.2) is 0 Å². The van der Waals surface area contributed by atoms with Gasteiger partial charge in [-0.1, -0.05) is 0 Å². The summed E-state index contributed by atoms with van der Waals surface area (Å²) in [5, 5.41) is 1.29. The summed E-state index contributed by atoms with van der Waals surface area (Å²) < 4.78 is 1.80. The van der Waals surface area contributed by atoms with Crippen LogP contribution in [-0.2, 0) is 25.9 Å². The van der Waals surface area contributed by atoms with Crippen LogP contribution in [0.1, 0.15) is 46.1 Å². The summed E-state index contributed by atoms with van der Waals surface area (Å²) in [6, 6.07) is 0. The maximum atomic E-state index is 12.3. The lowest BCUT2D eigenvalue weighted by Crippen LogP contribution is -2.36. The predicted octanol–water partition coefficient (Wildman–Crippen LogP) is 2.72. The van der Waals surface area contributed by atoms with Crippen LogP contribution < -0.4 is 5.56 Å². The molecule has 6 heteroatoms. The minimum atomic E-state index is 0.118. The lowest BCUT2D eigenvalue weighted by Gasteiger charge is -2.31. The van der Waals surface area contributed by atoms with Gasteiger partial charge < -0.3 is 0 Å². The molecule has 25 heavy (non-hydrogen) atoms. The summed E-state index contributed by atoms with van der Waals surface area (Å²) >= 11 is 1.92. The van der Waals surface area contributed by atoms with Gasteiger partial charge in [0.1, 0.15) is 5.01 Å². The van der Waals surface area contributed by atoms with E-state index in [0.717, 1.165) is 50.3 Å². The molecule has 0 spiro atoms. The Hall–Kier alpha value is -1.53. The van der Waals surface area contributed by atoms with Crippen LogP contribution in [0.25, 0.3) is 0 Å². The van der Waals surface area contributed by atoms with Crippen LogP contribution in [0, 0.1) is 19.8 Å². The molecule has 4 rings (SSSR count). The van der Waals surface area contributed by atoms with Crippen LogP contribution in [0.4, 0.5) is 0 Å². The topological polar surface area (TPSA) is 51.0 Å². The molecule has 1 fully saturated rings. The monoisotopic (exact) mass is 358 g/mol. The summed E-state index contributed by atoms with van der Waals surface area (Å²) in [6.07, 6.45) is 7.69. The molecule has 0 amide bonds. The highest BCUT2D eigenvalue weighted by atomic mass is 32.1. The van der Waals surface area contributed by atoms with Crippen LogP contribution in [0.2, 0.25) is 0 Å². The molecule has 0 N–H and O–H groups in total. The average molecular weight is 359 g/mol. The molecule has 2 aromatic heterocycles. The number of fused-ring (bicyclic) bond motifs is 1. The van der Waals surface area contributed by atoms with Gasteiger partial charge in [0.05, 0.1) is 18.6 Å². The first-order chi connectivity index (χ1) is 12.1. The van der Waals surface area contributed by atoms with Crippen molar-refractivity contribution in [1.82, 2.24) is 19.4 Å². The van der Waals surface area contributed by atoms with Gasteiger partial charge in [0.2, 0.25) is 0 Å². The van der Waals surface area contributed by atoms with E-state index >= 15 is 0 Å². The molecule has 0 saturated carbocycles. The van der Waals surface area contributed by atoms with E-state index in [-0.39, 0.29) is 5.56 Å². The zero-order valence-corrected chi connectivity index (χ0v) is 15.9. The van der Waals surface area contributed by atoms with Gasteiger partial charge in [-0.2, -0.15) is 0 Å². The molecule has 1 saturated heterocycles. The first-order valence-electron chi connectivity index (χ1n) is 9.32. The molecule has 5 nitrogen and oxygen atoms in total. The third kappa shape index (κ3) is 3.55. The van der Waals surface area contributed by atoms with Gasteiger partial charge >= 0.3 is 0 Å². The van der Waals surface area contributed by atoms with E-state index in [4.69, 9.17) is 4.98 Å². The Morgan fingerprint density at radius 3 is 2.80 bits per heavy atom. The first-order valence-corrected chi connectivity index (χ1v) is 10.1. The quantitative estimate of drug-likeness (QED) is 0.843. The number of likely N-dealkylation sites (tertiary alicyclic amines) is 1. The normalized spacial score (nSPS) is 18.6. The maximum absolute atomic E-state index is 12.3. The van der Waals surface area contributed by atoms with Gasteiger partial charge in [-0.05, 0) is 65.0 Å². The number of aromatic nitrogens is 3. The van der Waals surface area contributed by atoms with Gasteiger partial charge in [-0.15, -0.1) is 11.3 Å². The largest absolute Gasteiger partial charge is 0.299 e. The Balaban J connectivity index is 1.32. The molecule has 0 unspecified atom stereocenters. The van der Waals surface area contributed by atoms with Crippen LogP contribution in [0.15, 0.2) is 11.1 Å². The van der Waals surface area contributed by atoms with Crippen molar-refractivity contribution in [2.75, 3.05) is 13.1 Å². The number of aryl methyl sites for hydroxylation is 3. The van der Waals surface area contributed by atoms with Gasteiger partial charge in [0, 0.05) is 22.7 Å². The molecule has 2 aromatic rings. The minimum absolute atomic E-state index is 0.118. The molecular weight excluding hydrogens is 332 g/mol. The van der Waals surface area contributed by atoms with E-state index in [1.165, 1.54) is 34.8 Å². The molecule has 134 valence electrons. The number of hydrogen-bond acceptors (Lipinski definition) is 5. The van der Waals surface area contributed by atoms with Crippen molar-refractivity contribution in [3.8, 4) is 0 Å². The van der Waals surface area contributed by atoms with Crippen molar-refractivity contribution in [1.29, 1.82) is 0 Å². The Morgan fingerprint density at radius 1 is 1.24 bits per heavy atom. The smallest absolute Gasteiger partial charge is 0.256 e. The highest BCUT2D eigenvalue weighted by Gasteiger charge is 2.23. The summed E-state index contributed by atoms with van der Waals surface area (Å²) in [7, 11) is 0. The molecule has 1 aliphatic heterocycles. The molecule has 2 aliphatic rings. The van der Waals surface area contributed by atoms with Gasteiger partial charge in [-0.3, -0.25) is 14.3 Å². The SMILES string of the molecule is Cc1ncn(CC2CCN(Cc3nc4c(s3)CCC4)CC2)c(=O)c1C. The number of hydrogen-bond donors (Lipinski definition) is 0. The van der Waals surface area contributed by atoms with Crippen molar-refractivity contribution >= 4 is 11.3 Å². The minimum Gasteiger partial charge on any atom is -0.299 e. The third-order valence-corrected chi connectivity index (χ3v) is 6.82. The lowest BCUT2D eigenvalue weighted by atomic mass is 9.96. The van der Waals surface area contributed by atoms with E-state index in [1.807, 2.05) is 25.2 Å². The van der Waals surface area contributed by atoms with Gasteiger partial charge in [0.25, 0.3) is 5.56 Å². The Morgan fingerprint density at radius 2 is 2.04 bits per heavy atom. The van der Waals surface area contributed by atoms with Crippen molar-refractivity contribution in [2.45, 2.75) is 59.0 Å². The first kappa shape index (κ1) is 16.9. The summed E-state index contributed by atoms with van der Waals surface area (Å²) in [5.74, 6) is 0.569. The maximum Gasteiger partial charge on any atom is 0.256 e. The van der Waals surface area contributed by atoms with Crippen LogP contribution >= 0.6 is 11.3 Å². The standard InChI is InChI=1S/C19H26N4OS/c1-13-14(2)20-12-23(19(13)24)10-15-6-8-22(9-7-15)11-18-21-16-4-3-5-17(16)25-18/h12,15H,3-11H2,1-2H3. The number of thiazole rings is 1. The third-order valence-electron chi connectivity index (χ3n) is 5.68. The predicted molar refractivity (Wildman–Crippen MR) is 100 cm³/mol. The fourth-order valence-electron chi connectivity index (χ4n) is 3.91. The highest BCUT2D eigenvalue weighted by molar-refractivity contribution is 7.11. The van der Waals surface area contributed by atoms with Crippen molar-refractivity contribution < 1.29 is 0 Å².